The molecule has 1 atom stereocenters. The molecule has 0 bridgehead atoms. The van der Waals surface area contributed by atoms with Crippen LogP contribution in [0.5, 0.6) is 0 Å². The van der Waals surface area contributed by atoms with Gasteiger partial charge < -0.3 is 15.7 Å². The van der Waals surface area contributed by atoms with Gasteiger partial charge in [0.2, 0.25) is 0 Å². The first-order valence-corrected chi connectivity index (χ1v) is 6.42. The van der Waals surface area contributed by atoms with Crippen LogP contribution in [-0.4, -0.2) is 30.3 Å². The summed E-state index contributed by atoms with van der Waals surface area (Å²) >= 11 is 0. The summed E-state index contributed by atoms with van der Waals surface area (Å²) in [4.78, 5) is 11.6. The summed E-state index contributed by atoms with van der Waals surface area (Å²) < 4.78 is 0. The van der Waals surface area contributed by atoms with E-state index < -0.39 is 0 Å². The second-order valence-electron chi connectivity index (χ2n) is 6.01. The number of amides is 2. The highest BCUT2D eigenvalue weighted by molar-refractivity contribution is 5.74. The lowest BCUT2D eigenvalue weighted by molar-refractivity contribution is 0.206. The summed E-state index contributed by atoms with van der Waals surface area (Å²) in [5.74, 6) is 0.641. The first kappa shape index (κ1) is 16.2. The topological polar surface area (TPSA) is 61.4 Å². The summed E-state index contributed by atoms with van der Waals surface area (Å²) in [5, 5.41) is 14.3. The van der Waals surface area contributed by atoms with Crippen LogP contribution in [0.1, 0.15) is 47.5 Å². The van der Waals surface area contributed by atoms with Crippen molar-refractivity contribution in [2.45, 2.75) is 53.5 Å². The SMILES string of the molecule is CC(C)CCC(NC(=O)NCCO)C(C)(C)C. The Hall–Kier alpha value is -0.770. The van der Waals surface area contributed by atoms with Gasteiger partial charge in [0.15, 0.2) is 0 Å². The van der Waals surface area contributed by atoms with Crippen molar-refractivity contribution in [3.8, 4) is 0 Å². The molecule has 0 saturated carbocycles. The highest BCUT2D eigenvalue weighted by atomic mass is 16.3. The van der Waals surface area contributed by atoms with E-state index in [-0.39, 0.29) is 24.1 Å². The van der Waals surface area contributed by atoms with Gasteiger partial charge >= 0.3 is 6.03 Å². The maximum Gasteiger partial charge on any atom is 0.315 e. The summed E-state index contributed by atoms with van der Waals surface area (Å²) in [6, 6.07) is -0.0358. The smallest absolute Gasteiger partial charge is 0.315 e. The minimum Gasteiger partial charge on any atom is -0.395 e. The van der Waals surface area contributed by atoms with Gasteiger partial charge in [-0.3, -0.25) is 0 Å². The van der Waals surface area contributed by atoms with Crippen LogP contribution in [0.2, 0.25) is 0 Å². The van der Waals surface area contributed by atoms with Crippen LogP contribution in [-0.2, 0) is 0 Å². The van der Waals surface area contributed by atoms with E-state index in [2.05, 4.69) is 45.3 Å². The Bertz CT molecular complexity index is 222. The molecule has 1 unspecified atom stereocenters. The van der Waals surface area contributed by atoms with E-state index in [0.29, 0.717) is 12.5 Å². The fraction of sp³-hybridized carbons (Fsp3) is 0.923. The predicted molar refractivity (Wildman–Crippen MR) is 70.9 cm³/mol. The van der Waals surface area contributed by atoms with Crippen molar-refractivity contribution in [3.05, 3.63) is 0 Å². The van der Waals surface area contributed by atoms with E-state index in [1.165, 1.54) is 0 Å². The molecular formula is C13H28N2O2. The van der Waals surface area contributed by atoms with E-state index >= 15 is 0 Å². The molecule has 0 aliphatic heterocycles. The lowest BCUT2D eigenvalue weighted by Gasteiger charge is -2.32. The molecule has 17 heavy (non-hydrogen) atoms. The normalized spacial score (nSPS) is 13.6. The Kier molecular flexibility index (Phi) is 7.19. The molecule has 102 valence electrons. The van der Waals surface area contributed by atoms with E-state index in [1.807, 2.05) is 0 Å². The van der Waals surface area contributed by atoms with Gasteiger partial charge in [-0.2, -0.15) is 0 Å². The molecule has 0 radical (unpaired) electrons. The predicted octanol–water partition coefficient (Wildman–Crippen LogP) is 2.13. The van der Waals surface area contributed by atoms with Crippen LogP contribution in [0.4, 0.5) is 4.79 Å². The van der Waals surface area contributed by atoms with E-state index in [9.17, 15) is 4.79 Å². The minimum absolute atomic E-state index is 0.0282. The van der Waals surface area contributed by atoms with Gasteiger partial charge in [0.25, 0.3) is 0 Å². The van der Waals surface area contributed by atoms with E-state index in [0.717, 1.165) is 12.8 Å². The zero-order chi connectivity index (χ0) is 13.5. The summed E-state index contributed by atoms with van der Waals surface area (Å²) in [7, 11) is 0. The molecule has 0 heterocycles. The van der Waals surface area contributed by atoms with Crippen molar-refractivity contribution >= 4 is 6.03 Å². The van der Waals surface area contributed by atoms with Crippen LogP contribution >= 0.6 is 0 Å². The van der Waals surface area contributed by atoms with Crippen LogP contribution < -0.4 is 10.6 Å². The number of hydrogen-bond donors (Lipinski definition) is 3. The number of nitrogens with one attached hydrogen (secondary N) is 2. The van der Waals surface area contributed by atoms with Gasteiger partial charge in [-0.1, -0.05) is 34.6 Å². The summed E-state index contributed by atoms with van der Waals surface area (Å²) in [6.45, 7) is 11.0. The monoisotopic (exact) mass is 244 g/mol. The maximum atomic E-state index is 11.6. The van der Waals surface area contributed by atoms with Gasteiger partial charge in [0.05, 0.1) is 6.61 Å². The second kappa shape index (κ2) is 7.54. The van der Waals surface area contributed by atoms with Crippen LogP contribution in [0.15, 0.2) is 0 Å². The maximum absolute atomic E-state index is 11.6. The number of rotatable bonds is 6. The Morgan fingerprint density at radius 1 is 1.24 bits per heavy atom. The highest BCUT2D eigenvalue weighted by Crippen LogP contribution is 2.24. The first-order chi connectivity index (χ1) is 7.77. The third-order valence-corrected chi connectivity index (χ3v) is 2.78. The molecule has 0 saturated heterocycles. The number of aliphatic hydroxyl groups is 1. The number of hydrogen-bond acceptors (Lipinski definition) is 2. The molecule has 0 spiro atoms. The first-order valence-electron chi connectivity index (χ1n) is 6.42. The van der Waals surface area contributed by atoms with Crippen LogP contribution in [0.25, 0.3) is 0 Å². The molecule has 0 aliphatic rings. The van der Waals surface area contributed by atoms with Crippen molar-refractivity contribution < 1.29 is 9.90 Å². The van der Waals surface area contributed by atoms with Gasteiger partial charge in [-0.05, 0) is 24.2 Å². The Morgan fingerprint density at radius 2 is 1.82 bits per heavy atom. The lowest BCUT2D eigenvalue weighted by Crippen LogP contribution is -2.48. The van der Waals surface area contributed by atoms with Gasteiger partial charge in [-0.25, -0.2) is 4.79 Å². The highest BCUT2D eigenvalue weighted by Gasteiger charge is 2.25. The van der Waals surface area contributed by atoms with Crippen molar-refractivity contribution in [2.24, 2.45) is 11.3 Å². The molecule has 0 aromatic carbocycles. The minimum atomic E-state index is -0.192. The molecule has 0 aliphatic carbocycles. The lowest BCUT2D eigenvalue weighted by atomic mass is 9.83. The van der Waals surface area contributed by atoms with Crippen molar-refractivity contribution in [1.82, 2.24) is 10.6 Å². The number of carbonyl (C=O) groups is 1. The Morgan fingerprint density at radius 3 is 2.24 bits per heavy atom. The standard InChI is InChI=1S/C13H28N2O2/c1-10(2)6-7-11(13(3,4)5)15-12(17)14-8-9-16/h10-11,16H,6-9H2,1-5H3,(H2,14,15,17). The van der Waals surface area contributed by atoms with Gasteiger partial charge in [0.1, 0.15) is 0 Å². The van der Waals surface area contributed by atoms with Crippen LogP contribution in [0.3, 0.4) is 0 Å². The summed E-state index contributed by atoms with van der Waals surface area (Å²) in [5.41, 5.74) is 0.0471. The fourth-order valence-electron chi connectivity index (χ4n) is 1.60. The third kappa shape index (κ3) is 8.02. The van der Waals surface area contributed by atoms with Crippen molar-refractivity contribution in [3.63, 3.8) is 0 Å². The molecule has 2 amide bonds. The fourth-order valence-corrected chi connectivity index (χ4v) is 1.60. The molecule has 3 N–H and O–H groups in total. The van der Waals surface area contributed by atoms with Crippen LogP contribution in [0, 0.1) is 11.3 Å². The average Bonchev–Trinajstić information content (AvgIpc) is 2.19. The largest absolute Gasteiger partial charge is 0.395 e. The zero-order valence-corrected chi connectivity index (χ0v) is 11.8. The van der Waals surface area contributed by atoms with Crippen molar-refractivity contribution in [1.29, 1.82) is 0 Å². The average molecular weight is 244 g/mol. The number of urea groups is 1. The Labute approximate surface area is 105 Å². The molecular weight excluding hydrogens is 216 g/mol. The second-order valence-corrected chi connectivity index (χ2v) is 6.01. The summed E-state index contributed by atoms with van der Waals surface area (Å²) in [6.07, 6.45) is 2.08. The van der Waals surface area contributed by atoms with Crippen molar-refractivity contribution in [2.75, 3.05) is 13.2 Å². The molecule has 0 aromatic heterocycles. The van der Waals surface area contributed by atoms with Gasteiger partial charge in [0, 0.05) is 12.6 Å². The molecule has 0 rings (SSSR count). The molecule has 0 aromatic rings. The molecule has 4 heteroatoms. The van der Waals surface area contributed by atoms with E-state index in [1.54, 1.807) is 0 Å². The number of carbonyl (C=O) groups excluding carboxylic acids is 1. The van der Waals surface area contributed by atoms with Gasteiger partial charge in [-0.15, -0.1) is 0 Å². The molecule has 4 nitrogen and oxygen atoms in total. The number of aliphatic hydroxyl groups excluding tert-OH is 1. The molecule has 0 fully saturated rings. The Balaban J connectivity index is 4.24. The van der Waals surface area contributed by atoms with E-state index in [4.69, 9.17) is 5.11 Å². The zero-order valence-electron chi connectivity index (χ0n) is 11.8. The third-order valence-electron chi connectivity index (χ3n) is 2.78. The quantitative estimate of drug-likeness (QED) is 0.670.